The van der Waals surface area contributed by atoms with E-state index in [1.54, 1.807) is 0 Å². The van der Waals surface area contributed by atoms with Gasteiger partial charge in [-0.2, -0.15) is 0 Å². The summed E-state index contributed by atoms with van der Waals surface area (Å²) in [6.07, 6.45) is 8.93. The van der Waals surface area contributed by atoms with Crippen LogP contribution in [0.15, 0.2) is 12.5 Å². The minimum absolute atomic E-state index is 0.200. The molecule has 0 radical (unpaired) electrons. The number of carbonyl (C=O) groups is 2. The van der Waals surface area contributed by atoms with Gasteiger partial charge in [-0.1, -0.05) is 13.8 Å². The lowest BCUT2D eigenvalue weighted by atomic mass is 9.86. The van der Waals surface area contributed by atoms with Crippen LogP contribution in [-0.4, -0.2) is 38.1 Å². The maximum atomic E-state index is 12.4. The molecule has 132 valence electrons. The molecule has 1 aliphatic heterocycles. The number of nitrogens with zero attached hydrogens (tertiary/aromatic N) is 3. The molecule has 0 spiro atoms. The fourth-order valence-corrected chi connectivity index (χ4v) is 4.10. The predicted molar refractivity (Wildman–Crippen MR) is 89.6 cm³/mol. The number of amides is 2. The summed E-state index contributed by atoms with van der Waals surface area (Å²) >= 11 is 0. The molecule has 1 saturated heterocycles. The molecule has 1 aliphatic carbocycles. The van der Waals surface area contributed by atoms with Gasteiger partial charge in [-0.3, -0.25) is 4.79 Å². The molecule has 0 aromatic carbocycles. The molecular formula is C18H27N3O3. The normalized spacial score (nSPS) is 31.2. The number of carboxylic acid groups (broad SMARTS) is 1. The first-order chi connectivity index (χ1) is 11.4. The Morgan fingerprint density at radius 2 is 1.96 bits per heavy atom. The highest BCUT2D eigenvalue weighted by Crippen LogP contribution is 2.32. The summed E-state index contributed by atoms with van der Waals surface area (Å²) in [6.45, 7) is 4.61. The van der Waals surface area contributed by atoms with E-state index >= 15 is 0 Å². The third kappa shape index (κ3) is 3.62. The highest BCUT2D eigenvalue weighted by molar-refractivity contribution is 5.93. The van der Waals surface area contributed by atoms with E-state index in [1.165, 1.54) is 25.7 Å². The van der Waals surface area contributed by atoms with Crippen molar-refractivity contribution < 1.29 is 14.7 Å². The summed E-state index contributed by atoms with van der Waals surface area (Å²) in [5, 5.41) is 9.19. The molecule has 0 unspecified atom stereocenters. The maximum absolute atomic E-state index is 12.4. The average molecular weight is 333 g/mol. The van der Waals surface area contributed by atoms with Crippen molar-refractivity contribution in [2.24, 2.45) is 17.8 Å². The van der Waals surface area contributed by atoms with Gasteiger partial charge >= 0.3 is 6.09 Å². The van der Waals surface area contributed by atoms with Crippen LogP contribution < -0.4 is 0 Å². The molecule has 2 amide bonds. The van der Waals surface area contributed by atoms with Gasteiger partial charge in [0.25, 0.3) is 0 Å². The predicted octanol–water partition coefficient (Wildman–Crippen LogP) is 3.34. The molecule has 6 nitrogen and oxygen atoms in total. The van der Waals surface area contributed by atoms with Gasteiger partial charge in [-0.25, -0.2) is 14.7 Å². The standard InChI is InChI=1S/C18H27N3O3/c1-12-3-5-16(6-4-12)20-10-15(19-11-20)8-14-7-13(2)9-21(17(14)22)18(23)24/h10-14,16H,3-9H2,1-2H3,(H,23,24)/t12?,13-,14+,16?/m1/s1. The molecule has 6 heteroatoms. The van der Waals surface area contributed by atoms with Crippen LogP contribution in [0.2, 0.25) is 0 Å². The first kappa shape index (κ1) is 17.0. The number of rotatable bonds is 3. The maximum Gasteiger partial charge on any atom is 0.414 e. The van der Waals surface area contributed by atoms with Crippen molar-refractivity contribution in [3.05, 3.63) is 18.2 Å². The van der Waals surface area contributed by atoms with E-state index < -0.39 is 6.09 Å². The van der Waals surface area contributed by atoms with Gasteiger partial charge in [0.05, 0.1) is 12.0 Å². The molecule has 1 aromatic rings. The Balaban J connectivity index is 1.65. The number of hydrogen-bond acceptors (Lipinski definition) is 3. The number of likely N-dealkylation sites (tertiary alicyclic amines) is 1. The third-order valence-electron chi connectivity index (χ3n) is 5.54. The zero-order valence-electron chi connectivity index (χ0n) is 14.5. The molecule has 0 bridgehead atoms. The van der Waals surface area contributed by atoms with Gasteiger partial charge in [-0.15, -0.1) is 0 Å². The molecule has 2 aliphatic rings. The summed E-state index contributed by atoms with van der Waals surface area (Å²) in [6, 6.07) is 0.513. The average Bonchev–Trinajstić information content (AvgIpc) is 2.99. The number of imide groups is 1. The lowest BCUT2D eigenvalue weighted by Crippen LogP contribution is -2.47. The van der Waals surface area contributed by atoms with Gasteiger partial charge < -0.3 is 9.67 Å². The Bertz CT molecular complexity index is 604. The number of carbonyl (C=O) groups excluding carboxylic acids is 1. The molecule has 2 heterocycles. The quantitative estimate of drug-likeness (QED) is 0.920. The highest BCUT2D eigenvalue weighted by atomic mass is 16.4. The summed E-state index contributed by atoms with van der Waals surface area (Å²) in [5.74, 6) is 0.458. The van der Waals surface area contributed by atoms with Crippen LogP contribution in [0.1, 0.15) is 57.7 Å². The van der Waals surface area contributed by atoms with Crippen LogP contribution in [0.5, 0.6) is 0 Å². The zero-order chi connectivity index (χ0) is 17.3. The second kappa shape index (κ2) is 6.95. The first-order valence-electron chi connectivity index (χ1n) is 9.00. The molecule has 3 rings (SSSR count). The summed E-state index contributed by atoms with van der Waals surface area (Å²) in [5.41, 5.74) is 0.895. The summed E-state index contributed by atoms with van der Waals surface area (Å²) < 4.78 is 2.19. The molecular weight excluding hydrogens is 306 g/mol. The fourth-order valence-electron chi connectivity index (χ4n) is 4.10. The van der Waals surface area contributed by atoms with Crippen molar-refractivity contribution in [1.29, 1.82) is 0 Å². The van der Waals surface area contributed by atoms with Crippen molar-refractivity contribution in [3.63, 3.8) is 0 Å². The Morgan fingerprint density at radius 1 is 1.25 bits per heavy atom. The minimum Gasteiger partial charge on any atom is -0.465 e. The molecule has 2 atom stereocenters. The van der Waals surface area contributed by atoms with Crippen molar-refractivity contribution >= 4 is 12.0 Å². The van der Waals surface area contributed by atoms with Crippen LogP contribution in [0.25, 0.3) is 0 Å². The summed E-state index contributed by atoms with van der Waals surface area (Å²) in [4.78, 5) is 29.1. The molecule has 1 N–H and O–H groups in total. The van der Waals surface area contributed by atoms with Gasteiger partial charge in [0, 0.05) is 31.1 Å². The Hall–Kier alpha value is -1.85. The van der Waals surface area contributed by atoms with Crippen molar-refractivity contribution in [1.82, 2.24) is 14.5 Å². The van der Waals surface area contributed by atoms with Crippen molar-refractivity contribution in [2.75, 3.05) is 6.54 Å². The van der Waals surface area contributed by atoms with Crippen molar-refractivity contribution in [3.8, 4) is 0 Å². The molecule has 24 heavy (non-hydrogen) atoms. The van der Waals surface area contributed by atoms with Crippen LogP contribution in [0.3, 0.4) is 0 Å². The van der Waals surface area contributed by atoms with Crippen LogP contribution in [0.4, 0.5) is 4.79 Å². The number of hydrogen-bond donors (Lipinski definition) is 1. The second-order valence-corrected chi connectivity index (χ2v) is 7.70. The minimum atomic E-state index is -1.14. The van der Waals surface area contributed by atoms with E-state index in [9.17, 15) is 14.7 Å². The smallest absolute Gasteiger partial charge is 0.414 e. The van der Waals surface area contributed by atoms with Crippen LogP contribution in [0, 0.1) is 17.8 Å². The lowest BCUT2D eigenvalue weighted by molar-refractivity contribution is -0.137. The zero-order valence-corrected chi connectivity index (χ0v) is 14.5. The summed E-state index contributed by atoms with van der Waals surface area (Å²) in [7, 11) is 0. The third-order valence-corrected chi connectivity index (χ3v) is 5.54. The molecule has 1 aromatic heterocycles. The molecule has 1 saturated carbocycles. The monoisotopic (exact) mass is 333 g/mol. The van der Waals surface area contributed by atoms with E-state index in [0.717, 1.165) is 22.9 Å². The van der Waals surface area contributed by atoms with E-state index in [1.807, 2.05) is 13.3 Å². The second-order valence-electron chi connectivity index (χ2n) is 7.70. The molecule has 2 fully saturated rings. The van der Waals surface area contributed by atoms with Gasteiger partial charge in [-0.05, 0) is 43.9 Å². The topological polar surface area (TPSA) is 75.4 Å². The fraction of sp³-hybridized carbons (Fsp3) is 0.722. The van der Waals surface area contributed by atoms with E-state index in [0.29, 0.717) is 19.0 Å². The van der Waals surface area contributed by atoms with Crippen molar-refractivity contribution in [2.45, 2.75) is 58.4 Å². The lowest BCUT2D eigenvalue weighted by Gasteiger charge is -2.32. The van der Waals surface area contributed by atoms with Gasteiger partial charge in [0.2, 0.25) is 5.91 Å². The van der Waals surface area contributed by atoms with Gasteiger partial charge in [0.15, 0.2) is 0 Å². The number of piperidine rings is 1. The van der Waals surface area contributed by atoms with E-state index in [2.05, 4.69) is 22.7 Å². The van der Waals surface area contributed by atoms with E-state index in [4.69, 9.17) is 0 Å². The SMILES string of the molecule is CC1CCC(n2cnc(C[C@@H]3C[C@@H](C)CN(C(=O)O)C3=O)c2)CC1. The number of imidazole rings is 1. The van der Waals surface area contributed by atoms with Crippen LogP contribution in [-0.2, 0) is 11.2 Å². The Labute approximate surface area is 142 Å². The van der Waals surface area contributed by atoms with Crippen LogP contribution >= 0.6 is 0 Å². The Morgan fingerprint density at radius 3 is 2.62 bits per heavy atom. The number of aromatic nitrogens is 2. The highest BCUT2D eigenvalue weighted by Gasteiger charge is 2.36. The first-order valence-corrected chi connectivity index (χ1v) is 9.00. The Kier molecular flexibility index (Phi) is 4.92. The largest absolute Gasteiger partial charge is 0.465 e. The van der Waals surface area contributed by atoms with E-state index in [-0.39, 0.29) is 17.7 Å². The van der Waals surface area contributed by atoms with Gasteiger partial charge in [0.1, 0.15) is 0 Å².